The van der Waals surface area contributed by atoms with Crippen LogP contribution in [-0.2, 0) is 0 Å². The lowest BCUT2D eigenvalue weighted by atomic mass is 10.0. The van der Waals surface area contributed by atoms with Crippen molar-refractivity contribution in [3.05, 3.63) is 28.5 Å². The van der Waals surface area contributed by atoms with Crippen LogP contribution in [-0.4, -0.2) is 53.4 Å². The highest BCUT2D eigenvalue weighted by Crippen LogP contribution is 2.17. The zero-order valence-corrected chi connectivity index (χ0v) is 13.1. The summed E-state index contributed by atoms with van der Waals surface area (Å²) in [5.74, 6) is 0.0648. The van der Waals surface area contributed by atoms with Gasteiger partial charge in [-0.15, -0.1) is 0 Å². The molecule has 1 aliphatic rings. The van der Waals surface area contributed by atoms with E-state index in [4.69, 9.17) is 0 Å². The summed E-state index contributed by atoms with van der Waals surface area (Å²) < 4.78 is 0.753. The topological polar surface area (TPSA) is 36.4 Å². The monoisotopic (exact) mass is 325 g/mol. The third kappa shape index (κ3) is 3.54. The number of halogens is 1. The first-order valence-corrected chi connectivity index (χ1v) is 7.52. The van der Waals surface area contributed by atoms with Gasteiger partial charge in [-0.1, -0.05) is 6.92 Å². The van der Waals surface area contributed by atoms with Crippen LogP contribution in [0.1, 0.15) is 30.1 Å². The number of nitrogens with zero attached hydrogens (tertiary/aromatic N) is 3. The maximum Gasteiger partial charge on any atom is 0.255 e. The van der Waals surface area contributed by atoms with Crippen molar-refractivity contribution in [3.8, 4) is 0 Å². The van der Waals surface area contributed by atoms with E-state index in [9.17, 15) is 4.79 Å². The van der Waals surface area contributed by atoms with E-state index in [1.165, 1.54) is 0 Å². The van der Waals surface area contributed by atoms with E-state index in [-0.39, 0.29) is 5.91 Å². The summed E-state index contributed by atoms with van der Waals surface area (Å²) >= 11 is 3.28. The molecule has 19 heavy (non-hydrogen) atoms. The minimum Gasteiger partial charge on any atom is -0.339 e. The van der Waals surface area contributed by atoms with Crippen LogP contribution >= 0.6 is 15.9 Å². The Morgan fingerprint density at radius 3 is 2.68 bits per heavy atom. The van der Waals surface area contributed by atoms with Crippen molar-refractivity contribution in [3.63, 3.8) is 0 Å². The predicted molar refractivity (Wildman–Crippen MR) is 79.2 cm³/mol. The van der Waals surface area contributed by atoms with E-state index in [1.54, 1.807) is 12.3 Å². The molecule has 0 saturated carbocycles. The van der Waals surface area contributed by atoms with Gasteiger partial charge in [0.1, 0.15) is 4.60 Å². The van der Waals surface area contributed by atoms with Crippen molar-refractivity contribution in [1.29, 1.82) is 0 Å². The summed E-state index contributed by atoms with van der Waals surface area (Å²) in [6.07, 6.45) is 3.74. The zero-order valence-electron chi connectivity index (χ0n) is 11.5. The fraction of sp³-hybridized carbons (Fsp3) is 0.571. The molecule has 1 saturated heterocycles. The smallest absolute Gasteiger partial charge is 0.255 e. The summed E-state index contributed by atoms with van der Waals surface area (Å²) in [6.45, 7) is 5.44. The lowest BCUT2D eigenvalue weighted by molar-refractivity contribution is 0.0646. The van der Waals surface area contributed by atoms with Crippen molar-refractivity contribution in [2.45, 2.75) is 25.8 Å². The third-order valence-corrected chi connectivity index (χ3v) is 4.32. The van der Waals surface area contributed by atoms with Gasteiger partial charge in [-0.2, -0.15) is 0 Å². The number of amides is 1. The number of rotatable bonds is 3. The number of carbonyl (C=O) groups is 1. The first kappa shape index (κ1) is 14.5. The van der Waals surface area contributed by atoms with Crippen LogP contribution in [0.25, 0.3) is 0 Å². The van der Waals surface area contributed by atoms with E-state index >= 15 is 0 Å². The Labute approximate surface area is 122 Å². The lowest BCUT2D eigenvalue weighted by Gasteiger charge is -2.36. The van der Waals surface area contributed by atoms with Crippen LogP contribution < -0.4 is 0 Å². The molecule has 1 aromatic rings. The molecule has 2 rings (SSSR count). The molecule has 0 unspecified atom stereocenters. The van der Waals surface area contributed by atoms with Gasteiger partial charge in [-0.25, -0.2) is 4.98 Å². The first-order valence-electron chi connectivity index (χ1n) is 6.73. The number of aromatic nitrogens is 1. The zero-order chi connectivity index (χ0) is 13.8. The van der Waals surface area contributed by atoms with E-state index in [0.29, 0.717) is 11.6 Å². The maximum atomic E-state index is 12.4. The van der Waals surface area contributed by atoms with E-state index in [1.807, 2.05) is 18.0 Å². The average molecular weight is 326 g/mol. The van der Waals surface area contributed by atoms with Gasteiger partial charge in [0.15, 0.2) is 0 Å². The van der Waals surface area contributed by atoms with E-state index in [0.717, 1.165) is 37.1 Å². The Balaban J connectivity index is 1.98. The van der Waals surface area contributed by atoms with Crippen molar-refractivity contribution in [2.75, 3.05) is 26.7 Å². The van der Waals surface area contributed by atoms with Crippen LogP contribution in [0.15, 0.2) is 22.9 Å². The van der Waals surface area contributed by atoms with Crippen LogP contribution in [0, 0.1) is 0 Å². The molecule has 0 spiro atoms. The van der Waals surface area contributed by atoms with Gasteiger partial charge in [0.2, 0.25) is 0 Å². The molecule has 0 atom stereocenters. The van der Waals surface area contributed by atoms with E-state index in [2.05, 4.69) is 32.7 Å². The van der Waals surface area contributed by atoms with Gasteiger partial charge >= 0.3 is 0 Å². The molecule has 0 bridgehead atoms. The molecule has 5 heteroatoms. The predicted octanol–water partition coefficient (Wildman–Crippen LogP) is 2.40. The molecule has 1 aromatic heterocycles. The van der Waals surface area contributed by atoms with Crippen LogP contribution in [0.3, 0.4) is 0 Å². The van der Waals surface area contributed by atoms with Gasteiger partial charge in [-0.3, -0.25) is 4.79 Å². The Bertz CT molecular complexity index is 427. The summed E-state index contributed by atoms with van der Waals surface area (Å²) in [5.41, 5.74) is 0.656. The average Bonchev–Trinajstić information content (AvgIpc) is 2.46. The number of piperidine rings is 1. The minimum absolute atomic E-state index is 0.0648. The van der Waals surface area contributed by atoms with Gasteiger partial charge in [0.25, 0.3) is 5.91 Å². The number of pyridine rings is 1. The highest BCUT2D eigenvalue weighted by atomic mass is 79.9. The van der Waals surface area contributed by atoms with Gasteiger partial charge in [-0.05, 0) is 47.4 Å². The quantitative estimate of drug-likeness (QED) is 0.801. The molecule has 0 radical (unpaired) electrons. The highest BCUT2D eigenvalue weighted by molar-refractivity contribution is 9.10. The van der Waals surface area contributed by atoms with Gasteiger partial charge < -0.3 is 9.80 Å². The maximum absolute atomic E-state index is 12.4. The molecule has 1 fully saturated rings. The second-order valence-electron chi connectivity index (χ2n) is 4.95. The molecule has 1 amide bonds. The molecule has 2 heterocycles. The number of hydrogen-bond acceptors (Lipinski definition) is 3. The minimum atomic E-state index is 0.0648. The molecule has 0 N–H and O–H groups in total. The molecular weight excluding hydrogens is 306 g/mol. The number of likely N-dealkylation sites (tertiary alicyclic amines) is 1. The summed E-state index contributed by atoms with van der Waals surface area (Å²) in [4.78, 5) is 20.8. The fourth-order valence-corrected chi connectivity index (χ4v) is 2.73. The summed E-state index contributed by atoms with van der Waals surface area (Å²) in [5, 5.41) is 0. The molecule has 104 valence electrons. The molecule has 1 aliphatic heterocycles. The first-order chi connectivity index (χ1) is 9.11. The van der Waals surface area contributed by atoms with Crippen molar-refractivity contribution in [1.82, 2.24) is 14.8 Å². The standard InChI is InChI=1S/C14H20BrN3O/c1-3-18-8-6-12(7-9-18)17(2)14(19)11-4-5-13(15)16-10-11/h4-5,10,12H,3,6-9H2,1-2H3. The Morgan fingerprint density at radius 1 is 1.47 bits per heavy atom. The van der Waals surface area contributed by atoms with Gasteiger partial charge in [0, 0.05) is 32.4 Å². The largest absolute Gasteiger partial charge is 0.339 e. The third-order valence-electron chi connectivity index (χ3n) is 3.85. The van der Waals surface area contributed by atoms with Crippen molar-refractivity contribution >= 4 is 21.8 Å². The van der Waals surface area contributed by atoms with Crippen molar-refractivity contribution in [2.24, 2.45) is 0 Å². The second-order valence-corrected chi connectivity index (χ2v) is 5.76. The van der Waals surface area contributed by atoms with Crippen LogP contribution in [0.5, 0.6) is 0 Å². The molecule has 4 nitrogen and oxygen atoms in total. The normalized spacial score (nSPS) is 17.4. The lowest BCUT2D eigenvalue weighted by Crippen LogP contribution is -2.45. The summed E-state index contributed by atoms with van der Waals surface area (Å²) in [7, 11) is 1.90. The molecule has 0 aliphatic carbocycles. The van der Waals surface area contributed by atoms with E-state index < -0.39 is 0 Å². The summed E-state index contributed by atoms with van der Waals surface area (Å²) in [6, 6.07) is 3.97. The highest BCUT2D eigenvalue weighted by Gasteiger charge is 2.25. The Morgan fingerprint density at radius 2 is 2.16 bits per heavy atom. The number of carbonyl (C=O) groups excluding carboxylic acids is 1. The van der Waals surface area contributed by atoms with Gasteiger partial charge in [0.05, 0.1) is 5.56 Å². The Kier molecular flexibility index (Phi) is 4.93. The van der Waals surface area contributed by atoms with Crippen LogP contribution in [0.4, 0.5) is 0 Å². The van der Waals surface area contributed by atoms with Crippen molar-refractivity contribution < 1.29 is 4.79 Å². The molecule has 0 aromatic carbocycles. The Hall–Kier alpha value is -0.940. The molecular formula is C14H20BrN3O. The second kappa shape index (κ2) is 6.48. The SMILES string of the molecule is CCN1CCC(N(C)C(=O)c2ccc(Br)nc2)CC1. The van der Waals surface area contributed by atoms with Crippen LogP contribution in [0.2, 0.25) is 0 Å². The number of hydrogen-bond donors (Lipinski definition) is 0. The fourth-order valence-electron chi connectivity index (χ4n) is 2.49.